The first-order chi connectivity index (χ1) is 15.3. The van der Waals surface area contributed by atoms with Crippen LogP contribution in [0.15, 0.2) is 82.1 Å². The van der Waals surface area contributed by atoms with Crippen molar-refractivity contribution in [3.8, 4) is 0 Å². The number of hydrogen-bond donors (Lipinski definition) is 1. The number of nitrogens with one attached hydrogen (secondary N) is 1. The molecule has 4 nitrogen and oxygen atoms in total. The topological polar surface area (TPSA) is 49.4 Å². The third-order valence-electron chi connectivity index (χ3n) is 4.50. The first kappa shape index (κ1) is 22.8. The van der Waals surface area contributed by atoms with Crippen molar-refractivity contribution in [2.45, 2.75) is 9.79 Å². The average molecular weight is 520 g/mol. The minimum atomic E-state index is -0.559. The molecule has 1 saturated heterocycles. The predicted molar refractivity (Wildman–Crippen MR) is 135 cm³/mol. The lowest BCUT2D eigenvalue weighted by Crippen LogP contribution is -2.54. The van der Waals surface area contributed by atoms with E-state index in [2.05, 4.69) is 5.32 Å². The van der Waals surface area contributed by atoms with E-state index in [-0.39, 0.29) is 15.7 Å². The Hall–Kier alpha value is -2.35. The van der Waals surface area contributed by atoms with Gasteiger partial charge in [-0.25, -0.2) is 0 Å². The molecule has 0 radical (unpaired) electrons. The molecule has 0 unspecified atom stereocenters. The van der Waals surface area contributed by atoms with Crippen molar-refractivity contribution in [3.05, 3.63) is 92.9 Å². The van der Waals surface area contributed by atoms with Crippen molar-refractivity contribution in [2.75, 3.05) is 4.90 Å². The molecule has 3 aromatic carbocycles. The fourth-order valence-corrected chi connectivity index (χ4v) is 4.47. The first-order valence-corrected chi connectivity index (χ1v) is 11.6. The van der Waals surface area contributed by atoms with Crippen LogP contribution in [0.1, 0.15) is 5.56 Å². The molecule has 0 saturated carbocycles. The molecule has 3 aromatic rings. The van der Waals surface area contributed by atoms with Gasteiger partial charge >= 0.3 is 0 Å². The van der Waals surface area contributed by atoms with Crippen LogP contribution in [0.5, 0.6) is 0 Å². The van der Waals surface area contributed by atoms with E-state index in [0.29, 0.717) is 21.3 Å². The monoisotopic (exact) mass is 518 g/mol. The maximum Gasteiger partial charge on any atom is 0.270 e. The van der Waals surface area contributed by atoms with Crippen LogP contribution in [0.25, 0.3) is 6.08 Å². The van der Waals surface area contributed by atoms with E-state index in [1.807, 2.05) is 48.5 Å². The van der Waals surface area contributed by atoms with Crippen LogP contribution in [-0.2, 0) is 9.59 Å². The molecule has 160 valence electrons. The maximum absolute atomic E-state index is 13.1. The van der Waals surface area contributed by atoms with Crippen LogP contribution >= 0.6 is 58.8 Å². The van der Waals surface area contributed by atoms with Gasteiger partial charge in [0.2, 0.25) is 0 Å². The smallest absolute Gasteiger partial charge is 0.270 e. The molecular weight excluding hydrogens is 507 g/mol. The Morgan fingerprint density at radius 2 is 1.47 bits per heavy atom. The van der Waals surface area contributed by atoms with Gasteiger partial charge in [-0.2, -0.15) is 0 Å². The van der Waals surface area contributed by atoms with Crippen molar-refractivity contribution < 1.29 is 9.59 Å². The van der Waals surface area contributed by atoms with E-state index in [9.17, 15) is 9.59 Å². The number of carbonyl (C=O) groups is 2. The number of anilines is 1. The maximum atomic E-state index is 13.1. The van der Waals surface area contributed by atoms with Crippen LogP contribution in [0.3, 0.4) is 0 Å². The summed E-state index contributed by atoms with van der Waals surface area (Å²) in [6.45, 7) is 0. The van der Waals surface area contributed by atoms with E-state index in [0.717, 1.165) is 9.79 Å². The Morgan fingerprint density at radius 3 is 2.09 bits per heavy atom. The largest absolute Gasteiger partial charge is 0.298 e. The van der Waals surface area contributed by atoms with E-state index in [4.69, 9.17) is 47.0 Å². The highest BCUT2D eigenvalue weighted by molar-refractivity contribution is 7.99. The number of hydrogen-bond acceptors (Lipinski definition) is 4. The van der Waals surface area contributed by atoms with Gasteiger partial charge in [-0.1, -0.05) is 58.7 Å². The second-order valence-electron chi connectivity index (χ2n) is 6.68. The number of thiocarbonyl (C=S) groups is 1. The summed E-state index contributed by atoms with van der Waals surface area (Å²) >= 11 is 24.8. The molecule has 1 heterocycles. The molecule has 0 spiro atoms. The number of amides is 2. The molecular formula is C23H13Cl3N2O2S2. The zero-order valence-corrected chi connectivity index (χ0v) is 20.0. The number of benzene rings is 3. The molecule has 1 aliphatic heterocycles. The minimum absolute atomic E-state index is 0.0229. The Balaban J connectivity index is 1.58. The van der Waals surface area contributed by atoms with Gasteiger partial charge in [0.15, 0.2) is 5.11 Å². The summed E-state index contributed by atoms with van der Waals surface area (Å²) in [5.74, 6) is -1.10. The second kappa shape index (κ2) is 9.65. The van der Waals surface area contributed by atoms with Crippen molar-refractivity contribution in [1.82, 2.24) is 5.32 Å². The zero-order valence-electron chi connectivity index (χ0n) is 16.1. The fourth-order valence-electron chi connectivity index (χ4n) is 2.95. The Morgan fingerprint density at radius 1 is 0.844 bits per heavy atom. The van der Waals surface area contributed by atoms with Gasteiger partial charge in [0.25, 0.3) is 11.8 Å². The second-order valence-corrected chi connectivity index (χ2v) is 9.47. The van der Waals surface area contributed by atoms with Crippen molar-refractivity contribution in [2.24, 2.45) is 0 Å². The lowest BCUT2D eigenvalue weighted by atomic mass is 10.1. The number of rotatable bonds is 4. The summed E-state index contributed by atoms with van der Waals surface area (Å²) < 4.78 is 0. The standard InChI is InChI=1S/C23H13Cl3N2O2S2/c24-14-3-8-17(9-4-14)32-16-6-1-13(2-7-16)11-18-21(29)27-23(31)28(22(18)30)15-5-10-19(25)20(26)12-15/h1-12H,(H,27,29,31)/b18-11+. The fraction of sp³-hybridized carbons (Fsp3) is 0. The van der Waals surface area contributed by atoms with Gasteiger partial charge in [-0.05, 0) is 78.5 Å². The van der Waals surface area contributed by atoms with Crippen LogP contribution < -0.4 is 10.2 Å². The molecule has 0 aliphatic carbocycles. The quantitative estimate of drug-likeness (QED) is 0.239. The summed E-state index contributed by atoms with van der Waals surface area (Å²) in [6.07, 6.45) is 1.53. The highest BCUT2D eigenvalue weighted by Crippen LogP contribution is 2.31. The molecule has 1 fully saturated rings. The summed E-state index contributed by atoms with van der Waals surface area (Å²) in [7, 11) is 0. The highest BCUT2D eigenvalue weighted by Gasteiger charge is 2.34. The van der Waals surface area contributed by atoms with E-state index in [1.54, 1.807) is 23.9 Å². The van der Waals surface area contributed by atoms with Crippen LogP contribution in [0.2, 0.25) is 15.1 Å². The molecule has 9 heteroatoms. The zero-order chi connectivity index (χ0) is 22.8. The van der Waals surface area contributed by atoms with Gasteiger partial charge in [-0.3, -0.25) is 19.8 Å². The highest BCUT2D eigenvalue weighted by atomic mass is 35.5. The normalized spacial score (nSPS) is 15.3. The Bertz CT molecular complexity index is 1260. The number of nitrogens with zero attached hydrogens (tertiary/aromatic N) is 1. The molecule has 1 aliphatic rings. The van der Waals surface area contributed by atoms with Gasteiger partial charge < -0.3 is 0 Å². The minimum Gasteiger partial charge on any atom is -0.298 e. The van der Waals surface area contributed by atoms with Crippen molar-refractivity contribution >= 4 is 87.5 Å². The lowest BCUT2D eigenvalue weighted by Gasteiger charge is -2.29. The van der Waals surface area contributed by atoms with Crippen LogP contribution in [0.4, 0.5) is 5.69 Å². The third-order valence-corrected chi connectivity index (χ3v) is 6.79. The van der Waals surface area contributed by atoms with E-state index >= 15 is 0 Å². The summed E-state index contributed by atoms with van der Waals surface area (Å²) in [5, 5.41) is 3.83. The van der Waals surface area contributed by atoms with Crippen LogP contribution in [-0.4, -0.2) is 16.9 Å². The average Bonchev–Trinajstić information content (AvgIpc) is 2.76. The van der Waals surface area contributed by atoms with Gasteiger partial charge in [0.05, 0.1) is 15.7 Å². The lowest BCUT2D eigenvalue weighted by molar-refractivity contribution is -0.122. The number of halogens is 3. The molecule has 2 amide bonds. The van der Waals surface area contributed by atoms with Crippen LogP contribution in [0, 0.1) is 0 Å². The van der Waals surface area contributed by atoms with Crippen molar-refractivity contribution in [3.63, 3.8) is 0 Å². The van der Waals surface area contributed by atoms with E-state index in [1.165, 1.54) is 17.0 Å². The van der Waals surface area contributed by atoms with Gasteiger partial charge in [0.1, 0.15) is 5.57 Å². The molecule has 1 N–H and O–H groups in total. The summed E-state index contributed by atoms with van der Waals surface area (Å²) in [6, 6.07) is 19.7. The van der Waals surface area contributed by atoms with Gasteiger partial charge in [-0.15, -0.1) is 0 Å². The molecule has 0 aromatic heterocycles. The number of carbonyl (C=O) groups excluding carboxylic acids is 2. The first-order valence-electron chi connectivity index (χ1n) is 9.22. The summed E-state index contributed by atoms with van der Waals surface area (Å²) in [4.78, 5) is 28.9. The summed E-state index contributed by atoms with van der Waals surface area (Å²) in [5.41, 5.74) is 1.07. The SMILES string of the molecule is O=C1NC(=S)N(c2ccc(Cl)c(Cl)c2)C(=O)/C1=C/c1ccc(Sc2ccc(Cl)cc2)cc1. The molecule has 0 atom stereocenters. The third kappa shape index (κ3) is 5.00. The molecule has 32 heavy (non-hydrogen) atoms. The predicted octanol–water partition coefficient (Wildman–Crippen LogP) is 6.63. The van der Waals surface area contributed by atoms with Gasteiger partial charge in [0, 0.05) is 14.8 Å². The molecule has 0 bridgehead atoms. The Labute approximate surface area is 209 Å². The van der Waals surface area contributed by atoms with Crippen molar-refractivity contribution in [1.29, 1.82) is 0 Å². The molecule has 4 rings (SSSR count). The Kier molecular flexibility index (Phi) is 6.88. The van der Waals surface area contributed by atoms with E-state index < -0.39 is 11.8 Å².